The molecule has 0 amide bonds. The summed E-state index contributed by atoms with van der Waals surface area (Å²) in [6, 6.07) is 30.1. The Labute approximate surface area is 170 Å². The average Bonchev–Trinajstić information content (AvgIpc) is 2.76. The summed E-state index contributed by atoms with van der Waals surface area (Å²) < 4.78 is 12.1. The number of esters is 1. The number of carbonyl (C=O) groups is 1. The van der Waals surface area contributed by atoms with Crippen LogP contribution >= 0.6 is 0 Å². The van der Waals surface area contributed by atoms with Crippen LogP contribution in [0.25, 0.3) is 0 Å². The zero-order valence-electron chi connectivity index (χ0n) is 16.1. The van der Waals surface area contributed by atoms with Gasteiger partial charge in [-0.25, -0.2) is 0 Å². The van der Waals surface area contributed by atoms with Crippen molar-refractivity contribution in [2.75, 3.05) is 6.61 Å². The first-order valence-electron chi connectivity index (χ1n) is 9.86. The molecule has 0 radical (unpaired) electrons. The van der Waals surface area contributed by atoms with Crippen LogP contribution in [-0.4, -0.2) is 29.9 Å². The number of aliphatic hydroxyl groups is 1. The van der Waals surface area contributed by atoms with Gasteiger partial charge in [0, 0.05) is 6.42 Å². The van der Waals surface area contributed by atoms with E-state index in [9.17, 15) is 9.90 Å². The molecule has 4 nitrogen and oxygen atoms in total. The minimum atomic E-state index is -0.863. The third-order valence-electron chi connectivity index (χ3n) is 5.26. The highest BCUT2D eigenvalue weighted by molar-refractivity contribution is 5.71. The van der Waals surface area contributed by atoms with Gasteiger partial charge in [-0.2, -0.15) is 0 Å². The normalized spacial score (nSPS) is 19.6. The maximum atomic E-state index is 11.8. The molecule has 1 unspecified atom stereocenters. The van der Waals surface area contributed by atoms with Crippen molar-refractivity contribution in [2.45, 2.75) is 30.7 Å². The molecule has 1 aliphatic heterocycles. The smallest absolute Gasteiger partial charge is 0.308 e. The zero-order chi connectivity index (χ0) is 20.1. The fourth-order valence-corrected chi connectivity index (χ4v) is 3.95. The van der Waals surface area contributed by atoms with Crippen LogP contribution in [0.4, 0.5) is 0 Å². The van der Waals surface area contributed by atoms with Gasteiger partial charge in [-0.3, -0.25) is 4.79 Å². The Bertz CT molecular complexity index is 828. The van der Waals surface area contributed by atoms with Crippen molar-refractivity contribution in [3.63, 3.8) is 0 Å². The van der Waals surface area contributed by atoms with Crippen LogP contribution in [0.2, 0.25) is 0 Å². The molecule has 1 heterocycles. The highest BCUT2D eigenvalue weighted by Crippen LogP contribution is 2.40. The van der Waals surface area contributed by atoms with E-state index >= 15 is 0 Å². The van der Waals surface area contributed by atoms with E-state index in [1.807, 2.05) is 91.0 Å². The summed E-state index contributed by atoms with van der Waals surface area (Å²) in [7, 11) is 0. The van der Waals surface area contributed by atoms with Crippen LogP contribution in [0, 0.1) is 0 Å². The molecule has 148 valence electrons. The number of ether oxygens (including phenoxy) is 2. The number of aliphatic hydroxyl groups excluding tert-OH is 1. The van der Waals surface area contributed by atoms with Crippen molar-refractivity contribution < 1.29 is 19.4 Å². The van der Waals surface area contributed by atoms with Crippen molar-refractivity contribution >= 4 is 5.97 Å². The molecule has 1 N–H and O–H groups in total. The SMILES string of the molecule is O=C1CC(O)C[C@@H](COC(c2ccccc2)(c2ccccc2)c2ccccc2)O1. The van der Waals surface area contributed by atoms with Gasteiger partial charge in [-0.05, 0) is 16.7 Å². The van der Waals surface area contributed by atoms with E-state index in [0.29, 0.717) is 6.42 Å². The predicted molar refractivity (Wildman–Crippen MR) is 110 cm³/mol. The fourth-order valence-electron chi connectivity index (χ4n) is 3.95. The van der Waals surface area contributed by atoms with Crippen molar-refractivity contribution in [3.8, 4) is 0 Å². The van der Waals surface area contributed by atoms with E-state index in [4.69, 9.17) is 9.47 Å². The Kier molecular flexibility index (Phi) is 5.74. The van der Waals surface area contributed by atoms with Gasteiger partial charge in [-0.15, -0.1) is 0 Å². The number of hydrogen-bond acceptors (Lipinski definition) is 4. The molecule has 2 atom stereocenters. The van der Waals surface area contributed by atoms with Gasteiger partial charge in [0.2, 0.25) is 0 Å². The van der Waals surface area contributed by atoms with Gasteiger partial charge in [-0.1, -0.05) is 91.0 Å². The molecule has 4 heteroatoms. The van der Waals surface area contributed by atoms with Gasteiger partial charge in [0.05, 0.1) is 19.1 Å². The molecule has 0 aliphatic carbocycles. The summed E-state index contributed by atoms with van der Waals surface area (Å²) in [6.07, 6.45) is -0.760. The first kappa shape index (κ1) is 19.4. The molecule has 3 aromatic rings. The maximum Gasteiger partial charge on any atom is 0.308 e. The molecule has 4 rings (SSSR count). The lowest BCUT2D eigenvalue weighted by atomic mass is 9.80. The van der Waals surface area contributed by atoms with Crippen LogP contribution in [0.15, 0.2) is 91.0 Å². The quantitative estimate of drug-likeness (QED) is 0.511. The summed E-state index contributed by atoms with van der Waals surface area (Å²) in [6.45, 7) is 0.182. The standard InChI is InChI=1S/C25H24O4/c26-22-16-23(29-24(27)17-22)18-28-25(19-10-4-1-5-11-19,20-12-6-2-7-13-20)21-14-8-3-9-15-21/h1-15,22-23,26H,16-18H2/t22?,23-/m0/s1. The molecule has 0 bridgehead atoms. The lowest BCUT2D eigenvalue weighted by Crippen LogP contribution is -2.40. The molecule has 0 spiro atoms. The van der Waals surface area contributed by atoms with E-state index in [-0.39, 0.29) is 19.0 Å². The first-order chi connectivity index (χ1) is 14.2. The van der Waals surface area contributed by atoms with Gasteiger partial charge < -0.3 is 14.6 Å². The van der Waals surface area contributed by atoms with Gasteiger partial charge in [0.25, 0.3) is 0 Å². The van der Waals surface area contributed by atoms with E-state index in [0.717, 1.165) is 16.7 Å². The number of cyclic esters (lactones) is 1. The highest BCUT2D eigenvalue weighted by atomic mass is 16.6. The number of carbonyl (C=O) groups excluding carboxylic acids is 1. The molecule has 1 saturated heterocycles. The van der Waals surface area contributed by atoms with Crippen molar-refractivity contribution in [2.24, 2.45) is 0 Å². The van der Waals surface area contributed by atoms with E-state index in [1.165, 1.54) is 0 Å². The topological polar surface area (TPSA) is 55.8 Å². The van der Waals surface area contributed by atoms with Crippen LogP contribution in [-0.2, 0) is 19.9 Å². The van der Waals surface area contributed by atoms with Gasteiger partial charge in [0.1, 0.15) is 11.7 Å². The van der Waals surface area contributed by atoms with Crippen LogP contribution in [0.1, 0.15) is 29.5 Å². The summed E-state index contributed by atoms with van der Waals surface area (Å²) in [5.74, 6) is -0.387. The van der Waals surface area contributed by atoms with Gasteiger partial charge >= 0.3 is 5.97 Å². The summed E-state index contributed by atoms with van der Waals surface area (Å²) in [5, 5.41) is 9.97. The van der Waals surface area contributed by atoms with Crippen LogP contribution in [0.3, 0.4) is 0 Å². The van der Waals surface area contributed by atoms with Gasteiger partial charge in [0.15, 0.2) is 0 Å². The highest BCUT2D eigenvalue weighted by Gasteiger charge is 2.39. The Balaban J connectivity index is 1.78. The maximum absolute atomic E-state index is 11.8. The van der Waals surface area contributed by atoms with Crippen LogP contribution < -0.4 is 0 Å². The third-order valence-corrected chi connectivity index (χ3v) is 5.26. The lowest BCUT2D eigenvalue weighted by Gasteiger charge is -2.37. The summed E-state index contributed by atoms with van der Waals surface area (Å²) in [4.78, 5) is 11.8. The largest absolute Gasteiger partial charge is 0.460 e. The lowest BCUT2D eigenvalue weighted by molar-refractivity contribution is -0.167. The zero-order valence-corrected chi connectivity index (χ0v) is 16.1. The molecule has 29 heavy (non-hydrogen) atoms. The third kappa shape index (κ3) is 4.09. The predicted octanol–water partition coefficient (Wildman–Crippen LogP) is 4.06. The first-order valence-corrected chi connectivity index (χ1v) is 9.86. The number of hydrogen-bond donors (Lipinski definition) is 1. The van der Waals surface area contributed by atoms with E-state index in [1.54, 1.807) is 0 Å². The summed E-state index contributed by atoms with van der Waals surface area (Å²) >= 11 is 0. The minimum absolute atomic E-state index is 0.0394. The molecule has 0 saturated carbocycles. The Morgan fingerprint density at radius 1 is 0.828 bits per heavy atom. The Morgan fingerprint density at radius 2 is 1.28 bits per heavy atom. The summed E-state index contributed by atoms with van der Waals surface area (Å²) in [5.41, 5.74) is 2.10. The monoisotopic (exact) mass is 388 g/mol. The van der Waals surface area contributed by atoms with E-state index in [2.05, 4.69) is 0 Å². The fraction of sp³-hybridized carbons (Fsp3) is 0.240. The average molecular weight is 388 g/mol. The second-order valence-corrected chi connectivity index (χ2v) is 7.30. The Morgan fingerprint density at radius 3 is 1.69 bits per heavy atom. The van der Waals surface area contributed by atoms with Crippen molar-refractivity contribution in [3.05, 3.63) is 108 Å². The molecule has 0 aromatic heterocycles. The second-order valence-electron chi connectivity index (χ2n) is 7.30. The molecular formula is C25H24O4. The molecule has 1 fully saturated rings. The Hall–Kier alpha value is -2.95. The molecule has 1 aliphatic rings. The van der Waals surface area contributed by atoms with Crippen molar-refractivity contribution in [1.82, 2.24) is 0 Å². The second kappa shape index (κ2) is 8.60. The number of rotatable bonds is 6. The number of benzene rings is 3. The minimum Gasteiger partial charge on any atom is -0.460 e. The molecular weight excluding hydrogens is 364 g/mol. The van der Waals surface area contributed by atoms with E-state index < -0.39 is 17.8 Å². The van der Waals surface area contributed by atoms with Crippen molar-refractivity contribution in [1.29, 1.82) is 0 Å². The molecule has 3 aromatic carbocycles. The van der Waals surface area contributed by atoms with Crippen LogP contribution in [0.5, 0.6) is 0 Å².